The molecule has 5 heteroatoms. The van der Waals surface area contributed by atoms with E-state index in [9.17, 15) is 8.78 Å². The van der Waals surface area contributed by atoms with Crippen LogP contribution in [0.1, 0.15) is 11.7 Å². The predicted molar refractivity (Wildman–Crippen MR) is 47.7 cm³/mol. The van der Waals surface area contributed by atoms with Gasteiger partial charge in [0.2, 0.25) is 0 Å². The van der Waals surface area contributed by atoms with Gasteiger partial charge in [0.15, 0.2) is 6.10 Å². The van der Waals surface area contributed by atoms with Gasteiger partial charge in [0.1, 0.15) is 11.6 Å². The number of nitrogens with zero attached hydrogens (tertiary/aromatic N) is 1. The Labute approximate surface area is 85.5 Å². The Hall–Kier alpha value is -1.51. The van der Waals surface area contributed by atoms with Crippen molar-refractivity contribution in [3.05, 3.63) is 35.4 Å². The molecular formula is C10H9F2NO2. The average Bonchev–Trinajstić information content (AvgIpc) is 2.17. The molecule has 0 aliphatic rings. The van der Waals surface area contributed by atoms with Gasteiger partial charge < -0.3 is 9.84 Å². The maximum absolute atomic E-state index is 12.8. The number of hydrogen-bond acceptors (Lipinski definition) is 3. The van der Waals surface area contributed by atoms with Crippen LogP contribution in [-0.2, 0) is 4.74 Å². The molecule has 1 unspecified atom stereocenters. The highest BCUT2D eigenvalue weighted by Crippen LogP contribution is 2.18. The fourth-order valence-electron chi connectivity index (χ4n) is 1.11. The van der Waals surface area contributed by atoms with Gasteiger partial charge in [-0.1, -0.05) is 0 Å². The maximum Gasteiger partial charge on any atom is 0.169 e. The minimum absolute atomic E-state index is 0.0592. The molecule has 0 spiro atoms. The van der Waals surface area contributed by atoms with Crippen molar-refractivity contribution >= 4 is 0 Å². The molecule has 0 saturated carbocycles. The summed E-state index contributed by atoms with van der Waals surface area (Å²) in [6.45, 7) is -0.313. The fourth-order valence-corrected chi connectivity index (χ4v) is 1.11. The van der Waals surface area contributed by atoms with Crippen LogP contribution in [0.15, 0.2) is 18.2 Å². The first-order chi connectivity index (χ1) is 7.17. The molecule has 1 rings (SSSR count). The van der Waals surface area contributed by atoms with Crippen molar-refractivity contribution < 1.29 is 18.6 Å². The Balaban J connectivity index is 2.87. The minimum Gasteiger partial charge on any atom is -0.394 e. The van der Waals surface area contributed by atoms with E-state index in [1.165, 1.54) is 0 Å². The summed E-state index contributed by atoms with van der Waals surface area (Å²) >= 11 is 0. The van der Waals surface area contributed by atoms with E-state index in [1.807, 2.05) is 0 Å². The summed E-state index contributed by atoms with van der Waals surface area (Å²) < 4.78 is 30.5. The van der Waals surface area contributed by atoms with Gasteiger partial charge in [-0.2, -0.15) is 5.26 Å². The van der Waals surface area contributed by atoms with E-state index >= 15 is 0 Å². The summed E-state index contributed by atoms with van der Waals surface area (Å²) in [6.07, 6.45) is -1.07. The number of hydrogen-bond donors (Lipinski definition) is 1. The van der Waals surface area contributed by atoms with Crippen LogP contribution in [-0.4, -0.2) is 18.3 Å². The standard InChI is InChI=1S/C10H9F2NO2/c11-8-3-7(4-9(12)5-8)10(6-13)15-2-1-14/h3-5,10,14H,1-2H2. The largest absolute Gasteiger partial charge is 0.394 e. The van der Waals surface area contributed by atoms with Gasteiger partial charge in [0, 0.05) is 11.6 Å². The van der Waals surface area contributed by atoms with Gasteiger partial charge in [-0.05, 0) is 12.1 Å². The number of rotatable bonds is 4. The van der Waals surface area contributed by atoms with Gasteiger partial charge in [0.05, 0.1) is 19.3 Å². The normalized spacial score (nSPS) is 12.1. The molecule has 0 amide bonds. The Kier molecular flexibility index (Phi) is 4.16. The lowest BCUT2D eigenvalue weighted by Crippen LogP contribution is -2.06. The van der Waals surface area contributed by atoms with Gasteiger partial charge in [-0.3, -0.25) is 0 Å². The molecule has 0 fully saturated rings. The molecular weight excluding hydrogens is 204 g/mol. The fraction of sp³-hybridized carbons (Fsp3) is 0.300. The van der Waals surface area contributed by atoms with E-state index < -0.39 is 17.7 Å². The van der Waals surface area contributed by atoms with E-state index in [1.54, 1.807) is 6.07 Å². The van der Waals surface area contributed by atoms with Crippen LogP contribution < -0.4 is 0 Å². The number of aliphatic hydroxyl groups excluding tert-OH is 1. The molecule has 1 aromatic rings. The Morgan fingerprint density at radius 3 is 2.40 bits per heavy atom. The number of benzene rings is 1. The summed E-state index contributed by atoms with van der Waals surface area (Å²) in [5.74, 6) is -1.53. The smallest absolute Gasteiger partial charge is 0.169 e. The van der Waals surface area contributed by atoms with Gasteiger partial charge in [-0.25, -0.2) is 8.78 Å². The Morgan fingerprint density at radius 1 is 1.33 bits per heavy atom. The Morgan fingerprint density at radius 2 is 1.93 bits per heavy atom. The van der Waals surface area contributed by atoms with Gasteiger partial charge in [-0.15, -0.1) is 0 Å². The molecule has 0 aliphatic carbocycles. The highest BCUT2D eigenvalue weighted by Gasteiger charge is 2.12. The molecule has 0 radical (unpaired) electrons. The van der Waals surface area contributed by atoms with E-state index in [0.717, 1.165) is 12.1 Å². The molecule has 1 aromatic carbocycles. The van der Waals surface area contributed by atoms with Crippen molar-refractivity contribution in [1.29, 1.82) is 5.26 Å². The van der Waals surface area contributed by atoms with Crippen LogP contribution in [0.5, 0.6) is 0 Å². The average molecular weight is 213 g/mol. The van der Waals surface area contributed by atoms with Crippen LogP contribution in [0.4, 0.5) is 8.78 Å². The van der Waals surface area contributed by atoms with Gasteiger partial charge in [0.25, 0.3) is 0 Å². The number of halogens is 2. The van der Waals surface area contributed by atoms with Crippen molar-refractivity contribution in [3.8, 4) is 6.07 Å². The van der Waals surface area contributed by atoms with Crippen LogP contribution in [0, 0.1) is 23.0 Å². The summed E-state index contributed by atoms with van der Waals surface area (Å²) in [5, 5.41) is 17.2. The van der Waals surface area contributed by atoms with E-state index in [-0.39, 0.29) is 18.8 Å². The van der Waals surface area contributed by atoms with Crippen LogP contribution in [0.3, 0.4) is 0 Å². The lowest BCUT2D eigenvalue weighted by molar-refractivity contribution is 0.0578. The summed E-state index contributed by atoms with van der Waals surface area (Å²) in [4.78, 5) is 0. The van der Waals surface area contributed by atoms with Crippen LogP contribution in [0.25, 0.3) is 0 Å². The highest BCUT2D eigenvalue weighted by molar-refractivity contribution is 5.24. The second kappa shape index (κ2) is 5.39. The lowest BCUT2D eigenvalue weighted by atomic mass is 10.1. The third-order valence-corrected chi connectivity index (χ3v) is 1.68. The predicted octanol–water partition coefficient (Wildman–Crippen LogP) is 1.54. The molecule has 1 N–H and O–H groups in total. The maximum atomic E-state index is 12.8. The monoisotopic (exact) mass is 213 g/mol. The third-order valence-electron chi connectivity index (χ3n) is 1.68. The molecule has 3 nitrogen and oxygen atoms in total. The molecule has 80 valence electrons. The third kappa shape index (κ3) is 3.27. The zero-order chi connectivity index (χ0) is 11.3. The summed E-state index contributed by atoms with van der Waals surface area (Å²) in [6, 6.07) is 4.50. The zero-order valence-electron chi connectivity index (χ0n) is 7.78. The zero-order valence-corrected chi connectivity index (χ0v) is 7.78. The van der Waals surface area contributed by atoms with E-state index in [4.69, 9.17) is 15.1 Å². The number of nitriles is 1. The van der Waals surface area contributed by atoms with Crippen molar-refractivity contribution in [2.24, 2.45) is 0 Å². The molecule has 0 aromatic heterocycles. The van der Waals surface area contributed by atoms with Crippen molar-refractivity contribution in [2.45, 2.75) is 6.10 Å². The molecule has 0 heterocycles. The molecule has 0 saturated heterocycles. The second-order valence-corrected chi connectivity index (χ2v) is 2.81. The quantitative estimate of drug-likeness (QED) is 0.825. The highest BCUT2D eigenvalue weighted by atomic mass is 19.1. The molecule has 1 atom stereocenters. The summed E-state index contributed by atoms with van der Waals surface area (Å²) in [5.41, 5.74) is 0.100. The number of ether oxygens (including phenoxy) is 1. The van der Waals surface area contributed by atoms with Gasteiger partial charge >= 0.3 is 0 Å². The molecule has 0 aliphatic heterocycles. The van der Waals surface area contributed by atoms with E-state index in [2.05, 4.69) is 0 Å². The van der Waals surface area contributed by atoms with Crippen molar-refractivity contribution in [3.63, 3.8) is 0 Å². The molecule has 0 bridgehead atoms. The lowest BCUT2D eigenvalue weighted by Gasteiger charge is -2.09. The SMILES string of the molecule is N#CC(OCCO)c1cc(F)cc(F)c1. The van der Waals surface area contributed by atoms with E-state index in [0.29, 0.717) is 6.07 Å². The second-order valence-electron chi connectivity index (χ2n) is 2.81. The minimum atomic E-state index is -1.07. The summed E-state index contributed by atoms with van der Waals surface area (Å²) in [7, 11) is 0. The van der Waals surface area contributed by atoms with Crippen molar-refractivity contribution in [2.75, 3.05) is 13.2 Å². The van der Waals surface area contributed by atoms with Crippen LogP contribution in [0.2, 0.25) is 0 Å². The first-order valence-electron chi connectivity index (χ1n) is 4.25. The number of aliphatic hydroxyl groups is 1. The molecule has 15 heavy (non-hydrogen) atoms. The topological polar surface area (TPSA) is 53.2 Å². The van der Waals surface area contributed by atoms with Crippen LogP contribution >= 0.6 is 0 Å². The first-order valence-corrected chi connectivity index (χ1v) is 4.25. The van der Waals surface area contributed by atoms with Crippen molar-refractivity contribution in [1.82, 2.24) is 0 Å². The first kappa shape index (κ1) is 11.6. The Bertz CT molecular complexity index is 356.